The molecule has 156 valence electrons. The molecule has 6 heteroatoms. The summed E-state index contributed by atoms with van der Waals surface area (Å²) in [5, 5.41) is 12.9. The lowest BCUT2D eigenvalue weighted by atomic mass is 9.97. The Bertz CT molecular complexity index is 1180. The summed E-state index contributed by atoms with van der Waals surface area (Å²) in [7, 11) is 0. The second kappa shape index (κ2) is 8.83. The van der Waals surface area contributed by atoms with E-state index in [9.17, 15) is 9.59 Å². The van der Waals surface area contributed by atoms with Crippen molar-refractivity contribution < 1.29 is 24.0 Å². The number of nitrogens with zero attached hydrogens (tertiary/aromatic N) is 1. The number of aliphatic carboxylic acids is 1. The van der Waals surface area contributed by atoms with Crippen LogP contribution in [0.4, 0.5) is 0 Å². The van der Waals surface area contributed by atoms with E-state index in [1.54, 1.807) is 30.3 Å². The van der Waals surface area contributed by atoms with Gasteiger partial charge >= 0.3 is 5.97 Å². The molecule has 31 heavy (non-hydrogen) atoms. The van der Waals surface area contributed by atoms with Crippen molar-refractivity contribution in [3.63, 3.8) is 0 Å². The molecule has 0 spiro atoms. The van der Waals surface area contributed by atoms with Crippen LogP contribution < -0.4 is 4.74 Å². The molecule has 1 heterocycles. The van der Waals surface area contributed by atoms with E-state index in [-0.39, 0.29) is 5.78 Å². The summed E-state index contributed by atoms with van der Waals surface area (Å²) in [5.41, 5.74) is 5.27. The molecule has 1 aliphatic carbocycles. The van der Waals surface area contributed by atoms with Crippen molar-refractivity contribution in [3.05, 3.63) is 83.6 Å². The summed E-state index contributed by atoms with van der Waals surface area (Å²) >= 11 is 0. The first-order chi connectivity index (χ1) is 15.1. The van der Waals surface area contributed by atoms with E-state index >= 15 is 0 Å². The van der Waals surface area contributed by atoms with Crippen molar-refractivity contribution in [2.24, 2.45) is 0 Å². The van der Waals surface area contributed by atoms with Crippen LogP contribution in [0.1, 0.15) is 34.8 Å². The zero-order valence-corrected chi connectivity index (χ0v) is 17.0. The highest BCUT2D eigenvalue weighted by Crippen LogP contribution is 2.37. The maximum Gasteiger partial charge on any atom is 0.341 e. The van der Waals surface area contributed by atoms with Crippen molar-refractivity contribution in [1.82, 2.24) is 5.16 Å². The monoisotopic (exact) mass is 415 g/mol. The van der Waals surface area contributed by atoms with E-state index in [1.807, 2.05) is 30.3 Å². The molecule has 0 bridgehead atoms. The first kappa shape index (κ1) is 20.3. The minimum Gasteiger partial charge on any atom is -0.482 e. The number of ketones is 1. The molecular weight excluding hydrogens is 394 g/mol. The van der Waals surface area contributed by atoms with Crippen LogP contribution in [0.2, 0.25) is 0 Å². The van der Waals surface area contributed by atoms with Gasteiger partial charge in [-0.3, -0.25) is 4.79 Å². The molecule has 2 aromatic rings. The van der Waals surface area contributed by atoms with Crippen LogP contribution in [0.25, 0.3) is 22.4 Å². The summed E-state index contributed by atoms with van der Waals surface area (Å²) in [6.07, 6.45) is 3.54. The molecule has 4 rings (SSSR count). The first-order valence-electron chi connectivity index (χ1n) is 10.0. The fourth-order valence-corrected chi connectivity index (χ4v) is 3.53. The maximum absolute atomic E-state index is 13.1. The number of benzene rings is 2. The number of carbonyl (C=O) groups excluding carboxylic acids is 1. The maximum atomic E-state index is 13.1. The zero-order valence-electron chi connectivity index (χ0n) is 17.0. The summed E-state index contributed by atoms with van der Waals surface area (Å²) < 4.78 is 10.5. The van der Waals surface area contributed by atoms with Crippen LogP contribution in [0.3, 0.4) is 0 Å². The van der Waals surface area contributed by atoms with Crippen molar-refractivity contribution in [2.75, 3.05) is 6.61 Å². The normalized spacial score (nSPS) is 10.9. The molecule has 1 aliphatic heterocycles. The Balaban J connectivity index is 1.59. The molecule has 0 amide bonds. The number of hydrogen-bond acceptors (Lipinski definition) is 5. The number of carboxylic acid groups (broad SMARTS) is 1. The Kier molecular flexibility index (Phi) is 5.80. The quantitative estimate of drug-likeness (QED) is 0.403. The van der Waals surface area contributed by atoms with Crippen LogP contribution in [-0.4, -0.2) is 28.6 Å². The van der Waals surface area contributed by atoms with Gasteiger partial charge in [0.2, 0.25) is 0 Å². The highest BCUT2D eigenvalue weighted by Gasteiger charge is 2.22. The third-order valence-electron chi connectivity index (χ3n) is 5.06. The van der Waals surface area contributed by atoms with Crippen molar-refractivity contribution in [1.29, 1.82) is 0 Å². The number of carbonyl (C=O) groups is 2. The fourth-order valence-electron chi connectivity index (χ4n) is 3.53. The fraction of sp³-hybridized carbons (Fsp3) is 0.160. The highest BCUT2D eigenvalue weighted by molar-refractivity contribution is 6.14. The van der Waals surface area contributed by atoms with E-state index < -0.39 is 12.6 Å². The number of hydrogen-bond donors (Lipinski definition) is 1. The molecule has 0 aromatic heterocycles. The number of fused-ring (bicyclic) bond motifs is 1. The van der Waals surface area contributed by atoms with Gasteiger partial charge in [-0.1, -0.05) is 48.8 Å². The largest absolute Gasteiger partial charge is 0.482 e. The van der Waals surface area contributed by atoms with E-state index in [1.165, 1.54) is 11.8 Å². The molecular formula is C25H21NO5. The van der Waals surface area contributed by atoms with Crippen LogP contribution in [0.5, 0.6) is 5.75 Å². The Morgan fingerprint density at radius 2 is 1.71 bits per heavy atom. The Labute approximate surface area is 179 Å². The zero-order chi connectivity index (χ0) is 21.8. The molecule has 0 atom stereocenters. The SMILES string of the molecule is CCCc1ccc(C(=O)c2ccc3c(-c4ccc(OCC(=O)O)cc4)nocc2-3)cc1. The molecule has 0 unspecified atom stereocenters. The molecule has 2 aliphatic rings. The minimum absolute atomic E-state index is 0.0668. The lowest BCUT2D eigenvalue weighted by Gasteiger charge is -2.09. The molecule has 6 nitrogen and oxygen atoms in total. The Morgan fingerprint density at radius 3 is 2.39 bits per heavy atom. The van der Waals surface area contributed by atoms with Crippen molar-refractivity contribution >= 4 is 11.8 Å². The van der Waals surface area contributed by atoms with Gasteiger partial charge in [-0.05, 0) is 42.3 Å². The minimum atomic E-state index is -1.04. The van der Waals surface area contributed by atoms with Crippen LogP contribution in [0.15, 0.2) is 71.4 Å². The van der Waals surface area contributed by atoms with E-state index in [4.69, 9.17) is 14.4 Å². The van der Waals surface area contributed by atoms with Gasteiger partial charge in [0, 0.05) is 27.8 Å². The number of ether oxygens (including phenoxy) is 1. The van der Waals surface area contributed by atoms with Gasteiger partial charge in [-0.25, -0.2) is 4.79 Å². The third-order valence-corrected chi connectivity index (χ3v) is 5.06. The van der Waals surface area contributed by atoms with Gasteiger partial charge in [0.1, 0.15) is 17.7 Å². The van der Waals surface area contributed by atoms with Gasteiger partial charge in [0.05, 0.1) is 0 Å². The highest BCUT2D eigenvalue weighted by atomic mass is 16.5. The lowest BCUT2D eigenvalue weighted by molar-refractivity contribution is -0.139. The molecule has 1 N–H and O–H groups in total. The Hall–Kier alpha value is -3.93. The van der Waals surface area contributed by atoms with Gasteiger partial charge in [-0.15, -0.1) is 0 Å². The molecule has 0 radical (unpaired) electrons. The number of aryl methyl sites for hydroxylation is 1. The van der Waals surface area contributed by atoms with Crippen LogP contribution in [-0.2, 0) is 11.2 Å². The first-order valence-corrected chi connectivity index (χ1v) is 10.0. The standard InChI is InChI=1S/C25H21NO5/c1-2-3-16-4-6-18(7-5-16)25(29)21-13-12-20-22(21)14-31-26-24(20)17-8-10-19(11-9-17)30-15-23(27)28/h4-14H,2-3,15H2,1H3,(H,27,28). The van der Waals surface area contributed by atoms with Gasteiger partial charge in [0.25, 0.3) is 0 Å². The lowest BCUT2D eigenvalue weighted by Crippen LogP contribution is -2.09. The molecule has 0 fully saturated rings. The third kappa shape index (κ3) is 4.33. The summed E-state index contributed by atoms with van der Waals surface area (Å²) in [6, 6.07) is 18.3. The van der Waals surface area contributed by atoms with Gasteiger partial charge in [0.15, 0.2) is 12.4 Å². The average molecular weight is 415 g/mol. The topological polar surface area (TPSA) is 89.6 Å². The molecule has 0 saturated carbocycles. The van der Waals surface area contributed by atoms with Gasteiger partial charge < -0.3 is 14.4 Å². The predicted molar refractivity (Wildman–Crippen MR) is 116 cm³/mol. The summed E-state index contributed by atoms with van der Waals surface area (Å²) in [4.78, 5) is 23.7. The second-order valence-electron chi connectivity index (χ2n) is 7.22. The summed E-state index contributed by atoms with van der Waals surface area (Å²) in [6.45, 7) is 1.72. The Morgan fingerprint density at radius 1 is 0.968 bits per heavy atom. The molecule has 2 aromatic carbocycles. The van der Waals surface area contributed by atoms with E-state index in [0.29, 0.717) is 28.1 Å². The van der Waals surface area contributed by atoms with Crippen molar-refractivity contribution in [2.45, 2.75) is 19.8 Å². The number of carboxylic acids is 1. The van der Waals surface area contributed by atoms with Gasteiger partial charge in [-0.2, -0.15) is 0 Å². The summed E-state index contributed by atoms with van der Waals surface area (Å²) in [5.74, 6) is -0.661. The molecule has 0 saturated heterocycles. The number of aromatic nitrogens is 1. The van der Waals surface area contributed by atoms with Crippen LogP contribution in [0, 0.1) is 0 Å². The second-order valence-corrected chi connectivity index (χ2v) is 7.22. The van der Waals surface area contributed by atoms with Crippen LogP contribution >= 0.6 is 0 Å². The average Bonchev–Trinajstić information content (AvgIpc) is 3.23. The van der Waals surface area contributed by atoms with Crippen molar-refractivity contribution in [3.8, 4) is 28.1 Å². The predicted octanol–water partition coefficient (Wildman–Crippen LogP) is 5.09. The van der Waals surface area contributed by atoms with E-state index in [0.717, 1.165) is 24.0 Å². The number of rotatable bonds is 8. The van der Waals surface area contributed by atoms with E-state index in [2.05, 4.69) is 12.1 Å². The smallest absolute Gasteiger partial charge is 0.341 e.